The molecule has 3 rings (SSSR count). The van der Waals surface area contributed by atoms with Crippen LogP contribution in [-0.2, 0) is 4.79 Å². The van der Waals surface area contributed by atoms with Crippen molar-refractivity contribution < 1.29 is 14.5 Å². The minimum Gasteiger partial charge on any atom is -0.497 e. The number of nitrogens with one attached hydrogen (secondary N) is 1. The lowest BCUT2D eigenvalue weighted by Gasteiger charge is -2.16. The summed E-state index contributed by atoms with van der Waals surface area (Å²) in [6.07, 6.45) is 1.77. The second kappa shape index (κ2) is 8.19. The summed E-state index contributed by atoms with van der Waals surface area (Å²) >= 11 is 6.51. The lowest BCUT2D eigenvalue weighted by Crippen LogP contribution is -2.33. The third-order valence-corrected chi connectivity index (χ3v) is 5.16. The maximum atomic E-state index is 12.6. The van der Waals surface area contributed by atoms with Gasteiger partial charge in [-0.3, -0.25) is 19.8 Å². The number of anilines is 1. The molecule has 0 unspecified atom stereocenters. The Kier molecular flexibility index (Phi) is 5.72. The summed E-state index contributed by atoms with van der Waals surface area (Å²) < 4.78 is 5.55. The van der Waals surface area contributed by atoms with Crippen molar-refractivity contribution in [3.63, 3.8) is 0 Å². The molecule has 0 atom stereocenters. The Morgan fingerprint density at radius 1 is 1.30 bits per heavy atom. The van der Waals surface area contributed by atoms with Crippen LogP contribution in [0.1, 0.15) is 5.56 Å². The highest BCUT2D eigenvalue weighted by Crippen LogP contribution is 2.32. The summed E-state index contributed by atoms with van der Waals surface area (Å²) in [5.41, 5.74) is 1.38. The molecule has 2 aromatic rings. The van der Waals surface area contributed by atoms with E-state index in [1.165, 1.54) is 28.8 Å². The fraction of sp³-hybridized carbons (Fsp3) is 0.111. The van der Waals surface area contributed by atoms with Crippen molar-refractivity contribution in [3.8, 4) is 5.75 Å². The maximum Gasteiger partial charge on any atom is 0.271 e. The number of thiocarbonyl (C=S) groups is 1. The SMILES string of the molecule is COc1ccc(/C=C2\SC(=S)N(CNc3cccc([N+](=O)[O-])c3)C2=O)cc1. The number of non-ortho nitro benzene ring substituents is 1. The third-order valence-electron chi connectivity index (χ3n) is 3.79. The van der Waals surface area contributed by atoms with E-state index in [0.717, 1.165) is 11.3 Å². The number of methoxy groups -OCH3 is 1. The molecule has 9 heteroatoms. The molecule has 0 aliphatic carbocycles. The van der Waals surface area contributed by atoms with Crippen molar-refractivity contribution >= 4 is 51.7 Å². The van der Waals surface area contributed by atoms with Gasteiger partial charge in [0.15, 0.2) is 0 Å². The van der Waals surface area contributed by atoms with E-state index in [1.54, 1.807) is 25.3 Å². The zero-order valence-corrected chi connectivity index (χ0v) is 15.9. The molecule has 1 aliphatic rings. The summed E-state index contributed by atoms with van der Waals surface area (Å²) in [5.74, 6) is 0.527. The molecule has 1 amide bonds. The predicted octanol–water partition coefficient (Wildman–Crippen LogP) is 3.87. The zero-order chi connectivity index (χ0) is 19.4. The third kappa shape index (κ3) is 4.44. The average Bonchev–Trinajstić information content (AvgIpc) is 2.94. The molecule has 27 heavy (non-hydrogen) atoms. The second-order valence-corrected chi connectivity index (χ2v) is 7.20. The van der Waals surface area contributed by atoms with Gasteiger partial charge < -0.3 is 10.1 Å². The van der Waals surface area contributed by atoms with Gasteiger partial charge in [-0.25, -0.2) is 0 Å². The van der Waals surface area contributed by atoms with Crippen molar-refractivity contribution in [1.29, 1.82) is 0 Å². The first kappa shape index (κ1) is 18.9. The number of nitrogens with zero attached hydrogens (tertiary/aromatic N) is 2. The number of amides is 1. The molecule has 2 aromatic carbocycles. The molecule has 0 radical (unpaired) electrons. The van der Waals surface area contributed by atoms with Crippen molar-refractivity contribution in [3.05, 3.63) is 69.1 Å². The van der Waals surface area contributed by atoms with Gasteiger partial charge in [-0.2, -0.15) is 0 Å². The summed E-state index contributed by atoms with van der Waals surface area (Å²) in [5, 5.41) is 13.8. The highest BCUT2D eigenvalue weighted by molar-refractivity contribution is 8.26. The van der Waals surface area contributed by atoms with Crippen molar-refractivity contribution in [2.24, 2.45) is 0 Å². The quantitative estimate of drug-likeness (QED) is 0.340. The first-order valence-electron chi connectivity index (χ1n) is 7.85. The van der Waals surface area contributed by atoms with E-state index in [-0.39, 0.29) is 18.3 Å². The van der Waals surface area contributed by atoms with E-state index in [9.17, 15) is 14.9 Å². The minimum absolute atomic E-state index is 0.0233. The van der Waals surface area contributed by atoms with Crippen molar-refractivity contribution in [2.75, 3.05) is 19.1 Å². The molecule has 1 saturated heterocycles. The minimum atomic E-state index is -0.470. The lowest BCUT2D eigenvalue weighted by atomic mass is 10.2. The van der Waals surface area contributed by atoms with Crippen LogP contribution >= 0.6 is 24.0 Å². The molecule has 1 fully saturated rings. The summed E-state index contributed by atoms with van der Waals surface area (Å²) in [7, 11) is 1.59. The Morgan fingerprint density at radius 2 is 2.04 bits per heavy atom. The summed E-state index contributed by atoms with van der Waals surface area (Å²) in [6, 6.07) is 13.4. The molecule has 0 aromatic heterocycles. The van der Waals surface area contributed by atoms with E-state index in [0.29, 0.717) is 14.9 Å². The van der Waals surface area contributed by atoms with Crippen LogP contribution in [-0.4, -0.2) is 33.8 Å². The molecular formula is C18H15N3O4S2. The number of thioether (sulfide) groups is 1. The molecule has 138 valence electrons. The number of carbonyl (C=O) groups is 1. The van der Waals surface area contributed by atoms with E-state index in [2.05, 4.69) is 5.32 Å². The van der Waals surface area contributed by atoms with Crippen LogP contribution in [0.15, 0.2) is 53.4 Å². The Labute approximate surface area is 165 Å². The fourth-order valence-corrected chi connectivity index (χ4v) is 3.64. The van der Waals surface area contributed by atoms with Crippen molar-refractivity contribution in [1.82, 2.24) is 4.90 Å². The number of hydrogen-bond donors (Lipinski definition) is 1. The standard InChI is InChI=1S/C18H15N3O4S2/c1-25-15-7-5-12(6-8-15)9-16-17(22)20(18(26)27-16)11-19-13-3-2-4-14(10-13)21(23)24/h2-10,19H,11H2,1H3/b16-9-. The molecule has 1 N–H and O–H groups in total. The molecule has 1 aliphatic heterocycles. The van der Waals surface area contributed by atoms with E-state index in [1.807, 2.05) is 24.3 Å². The topological polar surface area (TPSA) is 84.7 Å². The number of nitro benzene ring substituents is 1. The van der Waals surface area contributed by atoms with Gasteiger partial charge in [0.05, 0.1) is 23.6 Å². The van der Waals surface area contributed by atoms with Crippen LogP contribution in [0.3, 0.4) is 0 Å². The molecule has 0 spiro atoms. The second-order valence-electron chi connectivity index (χ2n) is 5.53. The Hall–Kier alpha value is -2.91. The highest BCUT2D eigenvalue weighted by Gasteiger charge is 2.31. The van der Waals surface area contributed by atoms with Crippen molar-refractivity contribution in [2.45, 2.75) is 0 Å². The largest absolute Gasteiger partial charge is 0.497 e. The van der Waals surface area contributed by atoms with Crippen LogP contribution in [0.25, 0.3) is 6.08 Å². The summed E-state index contributed by atoms with van der Waals surface area (Å²) in [6.45, 7) is 0.131. The summed E-state index contributed by atoms with van der Waals surface area (Å²) in [4.78, 5) is 24.9. The van der Waals surface area contributed by atoms with Crippen LogP contribution in [0.5, 0.6) is 5.75 Å². The molecule has 7 nitrogen and oxygen atoms in total. The smallest absolute Gasteiger partial charge is 0.271 e. The van der Waals surface area contributed by atoms with Gasteiger partial charge in [0, 0.05) is 17.8 Å². The van der Waals surface area contributed by atoms with Crippen LogP contribution in [0, 0.1) is 10.1 Å². The number of benzene rings is 2. The number of carbonyl (C=O) groups excluding carboxylic acids is 1. The monoisotopic (exact) mass is 401 g/mol. The zero-order valence-electron chi connectivity index (χ0n) is 14.2. The molecule has 1 heterocycles. The first-order valence-corrected chi connectivity index (χ1v) is 9.08. The van der Waals surface area contributed by atoms with Gasteiger partial charge in [-0.15, -0.1) is 0 Å². The number of nitro groups is 1. The van der Waals surface area contributed by atoms with Gasteiger partial charge in [0.2, 0.25) is 0 Å². The fourth-order valence-electron chi connectivity index (χ4n) is 2.39. The highest BCUT2D eigenvalue weighted by atomic mass is 32.2. The van der Waals surface area contributed by atoms with E-state index >= 15 is 0 Å². The maximum absolute atomic E-state index is 12.6. The average molecular weight is 401 g/mol. The Bertz CT molecular complexity index is 928. The van der Waals surface area contributed by atoms with Gasteiger partial charge in [-0.05, 0) is 29.8 Å². The number of rotatable bonds is 6. The van der Waals surface area contributed by atoms with Gasteiger partial charge in [0.1, 0.15) is 10.1 Å². The Morgan fingerprint density at radius 3 is 2.70 bits per heavy atom. The lowest BCUT2D eigenvalue weighted by molar-refractivity contribution is -0.384. The van der Waals surface area contributed by atoms with E-state index < -0.39 is 4.92 Å². The van der Waals surface area contributed by atoms with Crippen LogP contribution < -0.4 is 10.1 Å². The molecule has 0 bridgehead atoms. The molecular weight excluding hydrogens is 386 g/mol. The first-order chi connectivity index (χ1) is 13.0. The van der Waals surface area contributed by atoms with E-state index in [4.69, 9.17) is 17.0 Å². The van der Waals surface area contributed by atoms with Crippen LogP contribution in [0.2, 0.25) is 0 Å². The van der Waals surface area contributed by atoms with Gasteiger partial charge >= 0.3 is 0 Å². The normalized spacial score (nSPS) is 15.3. The predicted molar refractivity (Wildman–Crippen MR) is 110 cm³/mol. The van der Waals surface area contributed by atoms with Gasteiger partial charge in [0.25, 0.3) is 11.6 Å². The number of ether oxygens (including phenoxy) is 1. The van der Waals surface area contributed by atoms with Crippen LogP contribution in [0.4, 0.5) is 11.4 Å². The molecule has 0 saturated carbocycles. The number of hydrogen-bond acceptors (Lipinski definition) is 7. The Balaban J connectivity index is 1.69. The van der Waals surface area contributed by atoms with Gasteiger partial charge in [-0.1, -0.05) is 42.2 Å².